The number of nitrogens with zero attached hydrogens (tertiary/aromatic N) is 1. The van der Waals surface area contributed by atoms with Crippen molar-refractivity contribution in [2.45, 2.75) is 12.5 Å². The van der Waals surface area contributed by atoms with Gasteiger partial charge in [0.2, 0.25) is 0 Å². The molecule has 0 saturated carbocycles. The van der Waals surface area contributed by atoms with Crippen molar-refractivity contribution in [3.63, 3.8) is 0 Å². The zero-order chi connectivity index (χ0) is 9.19. The van der Waals surface area contributed by atoms with Gasteiger partial charge in [0.15, 0.2) is 0 Å². The average Bonchev–Trinajstić information content (AvgIpc) is 2.06. The molecule has 0 radical (unpaired) electrons. The van der Waals surface area contributed by atoms with Gasteiger partial charge in [-0.2, -0.15) is 0 Å². The largest absolute Gasteiger partial charge is 0.382 e. The third-order valence-electron chi connectivity index (χ3n) is 1.16. The summed E-state index contributed by atoms with van der Waals surface area (Å²) >= 11 is 0. The molecule has 1 aromatic rings. The highest BCUT2D eigenvalue weighted by molar-refractivity contribution is 5.12. The van der Waals surface area contributed by atoms with Crippen LogP contribution in [0.4, 0.5) is 8.78 Å². The molecule has 0 aliphatic rings. The summed E-state index contributed by atoms with van der Waals surface area (Å²) in [4.78, 5) is 3.52. The van der Waals surface area contributed by atoms with E-state index in [1.165, 1.54) is 18.3 Å². The molecular formula is C7H7F2NO. The smallest absolute Gasteiger partial charge is 0.268 e. The Morgan fingerprint density at radius 3 is 2.82 bits per heavy atom. The van der Waals surface area contributed by atoms with Crippen molar-refractivity contribution in [3.05, 3.63) is 30.1 Å². The Morgan fingerprint density at radius 2 is 2.36 bits per heavy atom. The van der Waals surface area contributed by atoms with Crippen LogP contribution in [0.25, 0.3) is 0 Å². The van der Waals surface area contributed by atoms with Gasteiger partial charge in [0.25, 0.3) is 6.43 Å². The maximum absolute atomic E-state index is 12.0. The molecule has 0 bridgehead atoms. The molecule has 1 rings (SSSR count). The Labute approximate surface area is 63.9 Å². The van der Waals surface area contributed by atoms with Crippen molar-refractivity contribution in [3.8, 4) is 0 Å². The lowest BCUT2D eigenvalue weighted by Crippen LogP contribution is -2.07. The minimum atomic E-state index is -3.14. The second-order valence-electron chi connectivity index (χ2n) is 1.93. The van der Waals surface area contributed by atoms with E-state index >= 15 is 0 Å². The molecule has 11 heavy (non-hydrogen) atoms. The lowest BCUT2D eigenvalue weighted by Gasteiger charge is -2.07. The summed E-state index contributed by atoms with van der Waals surface area (Å²) in [6, 6.07) is 2.61. The fourth-order valence-corrected chi connectivity index (χ4v) is 0.640. The summed E-state index contributed by atoms with van der Waals surface area (Å²) in [7, 11) is 0. The highest BCUT2D eigenvalue weighted by Gasteiger charge is 2.18. The molecule has 1 unspecified atom stereocenters. The molecule has 0 amide bonds. The van der Waals surface area contributed by atoms with Gasteiger partial charge in [0.05, 0.1) is 1.37 Å². The molecular weight excluding hydrogens is 152 g/mol. The standard InChI is InChI=1S/C7H7F2NO/c8-7(9)6(11)5-2-1-3-10-4-5/h1-4,6-7,11H/i6D. The quantitative estimate of drug-likeness (QED) is 0.708. The van der Waals surface area contributed by atoms with E-state index in [0.29, 0.717) is 0 Å². The lowest BCUT2D eigenvalue weighted by atomic mass is 10.2. The number of pyridine rings is 1. The first kappa shape index (κ1) is 6.67. The SMILES string of the molecule is [2H]C(O)(c1cccnc1)C(F)F. The lowest BCUT2D eigenvalue weighted by molar-refractivity contribution is -0.00596. The third-order valence-corrected chi connectivity index (χ3v) is 1.16. The molecule has 0 fully saturated rings. The zero-order valence-electron chi connectivity index (χ0n) is 6.54. The summed E-state index contributed by atoms with van der Waals surface area (Å²) in [6.07, 6.45) is -3.57. The van der Waals surface area contributed by atoms with Crippen LogP contribution in [0.15, 0.2) is 24.5 Å². The van der Waals surface area contributed by atoms with Crippen LogP contribution in [0.2, 0.25) is 0 Å². The Hall–Kier alpha value is -1.03. The van der Waals surface area contributed by atoms with Gasteiger partial charge in [0, 0.05) is 18.0 Å². The summed E-state index contributed by atoms with van der Waals surface area (Å²) in [6.45, 7) is 0. The molecule has 1 N–H and O–H groups in total. The molecule has 0 aliphatic heterocycles. The predicted octanol–water partition coefficient (Wildman–Crippen LogP) is 1.38. The third kappa shape index (κ3) is 1.94. The van der Waals surface area contributed by atoms with E-state index in [9.17, 15) is 8.78 Å². The monoisotopic (exact) mass is 160 g/mol. The highest BCUT2D eigenvalue weighted by Crippen LogP contribution is 2.18. The molecule has 0 saturated heterocycles. The zero-order valence-corrected chi connectivity index (χ0v) is 5.54. The van der Waals surface area contributed by atoms with E-state index in [1.807, 2.05) is 0 Å². The van der Waals surface area contributed by atoms with E-state index < -0.39 is 12.5 Å². The van der Waals surface area contributed by atoms with Gasteiger partial charge in [0.1, 0.15) is 6.08 Å². The molecule has 1 atom stereocenters. The number of hydrogen-bond acceptors (Lipinski definition) is 2. The van der Waals surface area contributed by atoms with Crippen molar-refractivity contribution in [2.24, 2.45) is 0 Å². The molecule has 0 aromatic carbocycles. The summed E-state index contributed by atoms with van der Waals surface area (Å²) < 4.78 is 31.0. The normalized spacial score (nSPS) is 17.6. The Morgan fingerprint density at radius 1 is 1.64 bits per heavy atom. The first-order valence-electron chi connectivity index (χ1n) is 3.46. The molecule has 60 valence electrons. The van der Waals surface area contributed by atoms with Gasteiger partial charge in [-0.25, -0.2) is 8.78 Å². The van der Waals surface area contributed by atoms with Crippen LogP contribution in [0.5, 0.6) is 0 Å². The summed E-state index contributed by atoms with van der Waals surface area (Å²) in [5, 5.41) is 8.94. The van der Waals surface area contributed by atoms with Crippen LogP contribution in [0, 0.1) is 0 Å². The molecule has 1 heterocycles. The van der Waals surface area contributed by atoms with Gasteiger partial charge >= 0.3 is 0 Å². The van der Waals surface area contributed by atoms with Crippen molar-refractivity contribution < 1.29 is 15.3 Å². The summed E-state index contributed by atoms with van der Waals surface area (Å²) in [5.41, 5.74) is -0.208. The van der Waals surface area contributed by atoms with Gasteiger partial charge in [-0.3, -0.25) is 4.98 Å². The van der Waals surface area contributed by atoms with Crippen molar-refractivity contribution in [2.75, 3.05) is 0 Å². The van der Waals surface area contributed by atoms with Gasteiger partial charge in [-0.05, 0) is 6.07 Å². The van der Waals surface area contributed by atoms with Crippen molar-refractivity contribution >= 4 is 0 Å². The number of halogens is 2. The molecule has 0 spiro atoms. The number of hydrogen-bond donors (Lipinski definition) is 1. The van der Waals surface area contributed by atoms with Crippen LogP contribution in [0.3, 0.4) is 0 Å². The first-order valence-corrected chi connectivity index (χ1v) is 2.96. The number of rotatable bonds is 2. The second kappa shape index (κ2) is 3.39. The van der Waals surface area contributed by atoms with Crippen LogP contribution >= 0.6 is 0 Å². The average molecular weight is 160 g/mol. The Kier molecular flexibility index (Phi) is 2.05. The van der Waals surface area contributed by atoms with Crippen LogP contribution < -0.4 is 0 Å². The minimum Gasteiger partial charge on any atom is -0.382 e. The van der Waals surface area contributed by atoms with Crippen LogP contribution in [-0.4, -0.2) is 16.5 Å². The number of aliphatic hydroxyl groups is 1. The molecule has 0 aliphatic carbocycles. The van der Waals surface area contributed by atoms with Crippen molar-refractivity contribution in [1.29, 1.82) is 0 Å². The minimum absolute atomic E-state index is 0.208. The number of aromatic nitrogens is 1. The fraction of sp³-hybridized carbons (Fsp3) is 0.286. The van der Waals surface area contributed by atoms with Gasteiger partial charge < -0.3 is 5.11 Å². The fourth-order valence-electron chi connectivity index (χ4n) is 0.640. The van der Waals surface area contributed by atoms with E-state index in [4.69, 9.17) is 6.48 Å². The molecule has 4 heteroatoms. The summed E-state index contributed by atoms with van der Waals surface area (Å²) in [5.74, 6) is 0. The predicted molar refractivity (Wildman–Crippen MR) is 35.2 cm³/mol. The number of alkyl halides is 2. The van der Waals surface area contributed by atoms with E-state index in [1.54, 1.807) is 0 Å². The maximum atomic E-state index is 12.0. The molecule has 1 aromatic heterocycles. The first-order chi connectivity index (χ1) is 5.55. The van der Waals surface area contributed by atoms with E-state index in [2.05, 4.69) is 4.98 Å². The Balaban J connectivity index is 2.98. The van der Waals surface area contributed by atoms with Gasteiger partial charge in [-0.1, -0.05) is 6.07 Å². The maximum Gasteiger partial charge on any atom is 0.268 e. The topological polar surface area (TPSA) is 33.1 Å². The molecule has 2 nitrogen and oxygen atoms in total. The van der Waals surface area contributed by atoms with E-state index in [-0.39, 0.29) is 5.56 Å². The van der Waals surface area contributed by atoms with Crippen LogP contribution in [0.1, 0.15) is 13.0 Å². The van der Waals surface area contributed by atoms with E-state index in [0.717, 1.165) is 6.20 Å². The highest BCUT2D eigenvalue weighted by atomic mass is 19.3. The van der Waals surface area contributed by atoms with Crippen LogP contribution in [-0.2, 0) is 0 Å². The second-order valence-corrected chi connectivity index (χ2v) is 1.93. The van der Waals surface area contributed by atoms with Gasteiger partial charge in [-0.15, -0.1) is 0 Å². The Bertz CT molecular complexity index is 253. The van der Waals surface area contributed by atoms with Crippen molar-refractivity contribution in [1.82, 2.24) is 4.98 Å².